The van der Waals surface area contributed by atoms with Gasteiger partial charge >= 0.3 is 0 Å². The third-order valence-corrected chi connectivity index (χ3v) is 4.00. The number of carbonyl (C=O) groups is 1. The van der Waals surface area contributed by atoms with E-state index in [1.54, 1.807) is 24.3 Å². The van der Waals surface area contributed by atoms with Gasteiger partial charge < -0.3 is 5.32 Å². The highest BCUT2D eigenvalue weighted by Crippen LogP contribution is 2.19. The van der Waals surface area contributed by atoms with E-state index in [1.165, 1.54) is 6.08 Å². The smallest absolute Gasteiger partial charge is 0.250 e. The number of nitrogens with one attached hydrogen (secondary N) is 2. The Bertz CT molecular complexity index is 963. The highest BCUT2D eigenvalue weighted by atomic mass is 35.5. The number of amides is 1. The van der Waals surface area contributed by atoms with Gasteiger partial charge in [0, 0.05) is 16.8 Å². The maximum absolute atomic E-state index is 12.1. The van der Waals surface area contributed by atoms with Crippen molar-refractivity contribution < 1.29 is 4.79 Å². The first-order valence-electron chi connectivity index (χ1n) is 7.65. The summed E-state index contributed by atoms with van der Waals surface area (Å²) in [7, 11) is 0. The van der Waals surface area contributed by atoms with E-state index < -0.39 is 0 Å². The van der Waals surface area contributed by atoms with Crippen molar-refractivity contribution in [2.75, 3.05) is 5.32 Å². The monoisotopic (exact) mass is 366 g/mol. The van der Waals surface area contributed by atoms with Gasteiger partial charge in [-0.1, -0.05) is 60.1 Å². The van der Waals surface area contributed by atoms with E-state index in [1.807, 2.05) is 48.5 Å². The first-order valence-corrected chi connectivity index (χ1v) is 8.44. The van der Waals surface area contributed by atoms with Gasteiger partial charge in [-0.3, -0.25) is 10.1 Å². The summed E-state index contributed by atoms with van der Waals surface area (Å²) >= 11 is 11.1. The lowest BCUT2D eigenvalue weighted by Gasteiger charge is -2.08. The van der Waals surface area contributed by atoms with Crippen LogP contribution >= 0.6 is 23.8 Å². The number of carbonyl (C=O) groups excluding carboxylic acids is 1. The standard InChI is InChI=1S/C20H15ClN2OS/c21-16-8-4-9-17(13-16)22-20(25)23-19(24)12-11-15-7-3-6-14-5-1-2-10-18(14)15/h1-13H,(H2,22,23,24,25)/b12-11+. The molecule has 0 saturated heterocycles. The summed E-state index contributed by atoms with van der Waals surface area (Å²) in [4.78, 5) is 12.1. The maximum atomic E-state index is 12.1. The Morgan fingerprint density at radius 2 is 1.76 bits per heavy atom. The molecular formula is C20H15ClN2OS. The minimum Gasteiger partial charge on any atom is -0.332 e. The van der Waals surface area contributed by atoms with Gasteiger partial charge in [-0.2, -0.15) is 0 Å². The van der Waals surface area contributed by atoms with E-state index in [9.17, 15) is 4.79 Å². The predicted molar refractivity (Wildman–Crippen MR) is 109 cm³/mol. The van der Waals surface area contributed by atoms with E-state index in [0.717, 1.165) is 22.0 Å². The Balaban J connectivity index is 1.65. The Morgan fingerprint density at radius 1 is 1.00 bits per heavy atom. The molecule has 3 aromatic rings. The van der Waals surface area contributed by atoms with Crippen LogP contribution in [0.25, 0.3) is 16.8 Å². The number of halogens is 1. The maximum Gasteiger partial charge on any atom is 0.250 e. The van der Waals surface area contributed by atoms with Gasteiger partial charge in [0.2, 0.25) is 5.91 Å². The van der Waals surface area contributed by atoms with Gasteiger partial charge in [0.25, 0.3) is 0 Å². The number of fused-ring (bicyclic) bond motifs is 1. The summed E-state index contributed by atoms with van der Waals surface area (Å²) in [6, 6.07) is 21.1. The zero-order valence-electron chi connectivity index (χ0n) is 13.2. The second-order valence-electron chi connectivity index (χ2n) is 5.36. The third-order valence-electron chi connectivity index (χ3n) is 3.56. The van der Waals surface area contributed by atoms with Crippen LogP contribution in [0.1, 0.15) is 5.56 Å². The van der Waals surface area contributed by atoms with E-state index in [0.29, 0.717) is 5.02 Å². The number of anilines is 1. The molecule has 0 aromatic heterocycles. The predicted octanol–water partition coefficient (Wildman–Crippen LogP) is 5.02. The largest absolute Gasteiger partial charge is 0.332 e. The summed E-state index contributed by atoms with van der Waals surface area (Å²) in [5, 5.41) is 8.57. The van der Waals surface area contributed by atoms with Gasteiger partial charge in [0.05, 0.1) is 0 Å². The molecule has 0 aliphatic rings. The van der Waals surface area contributed by atoms with Crippen LogP contribution in [0, 0.1) is 0 Å². The lowest BCUT2D eigenvalue weighted by atomic mass is 10.0. The van der Waals surface area contributed by atoms with Crippen LogP contribution in [0.15, 0.2) is 72.8 Å². The molecule has 0 radical (unpaired) electrons. The molecule has 124 valence electrons. The van der Waals surface area contributed by atoms with E-state index in [4.69, 9.17) is 23.8 Å². The van der Waals surface area contributed by atoms with Crippen LogP contribution in [0.4, 0.5) is 5.69 Å². The van der Waals surface area contributed by atoms with Crippen LogP contribution < -0.4 is 10.6 Å². The number of hydrogen-bond acceptors (Lipinski definition) is 2. The van der Waals surface area contributed by atoms with Crippen LogP contribution in [0.2, 0.25) is 5.02 Å². The summed E-state index contributed by atoms with van der Waals surface area (Å²) < 4.78 is 0. The fourth-order valence-corrected chi connectivity index (χ4v) is 2.85. The Morgan fingerprint density at radius 3 is 2.60 bits per heavy atom. The Labute approximate surface area is 156 Å². The first kappa shape index (κ1) is 17.1. The highest BCUT2D eigenvalue weighted by Gasteiger charge is 2.03. The Hall–Kier alpha value is -2.69. The number of rotatable bonds is 3. The lowest BCUT2D eigenvalue weighted by molar-refractivity contribution is -0.115. The van der Waals surface area contributed by atoms with Crippen LogP contribution in [0.5, 0.6) is 0 Å². The molecule has 0 bridgehead atoms. The quantitative estimate of drug-likeness (QED) is 0.505. The zero-order chi connectivity index (χ0) is 17.6. The highest BCUT2D eigenvalue weighted by molar-refractivity contribution is 7.80. The molecular weight excluding hydrogens is 352 g/mol. The van der Waals surface area contributed by atoms with Gasteiger partial charge in [-0.25, -0.2) is 0 Å². The molecule has 0 saturated carbocycles. The molecule has 3 nitrogen and oxygen atoms in total. The average molecular weight is 367 g/mol. The van der Waals surface area contributed by atoms with Crippen LogP contribution in [-0.4, -0.2) is 11.0 Å². The SMILES string of the molecule is O=C(/C=C/c1cccc2ccccc12)NC(=S)Nc1cccc(Cl)c1. The van der Waals surface area contributed by atoms with E-state index >= 15 is 0 Å². The number of thiocarbonyl (C=S) groups is 1. The summed E-state index contributed by atoms with van der Waals surface area (Å²) in [5.41, 5.74) is 1.69. The first-order chi connectivity index (χ1) is 12.1. The van der Waals surface area contributed by atoms with Crippen LogP contribution in [-0.2, 0) is 4.79 Å². The number of hydrogen-bond donors (Lipinski definition) is 2. The lowest BCUT2D eigenvalue weighted by Crippen LogP contribution is -2.32. The molecule has 0 unspecified atom stereocenters. The molecule has 0 spiro atoms. The molecule has 0 aliphatic heterocycles. The third kappa shape index (κ3) is 4.66. The van der Waals surface area contributed by atoms with E-state index in [-0.39, 0.29) is 11.0 Å². The summed E-state index contributed by atoms with van der Waals surface area (Å²) in [6.45, 7) is 0. The molecule has 5 heteroatoms. The molecule has 25 heavy (non-hydrogen) atoms. The molecule has 3 aromatic carbocycles. The van der Waals surface area contributed by atoms with E-state index in [2.05, 4.69) is 10.6 Å². The van der Waals surface area contributed by atoms with Crippen molar-refractivity contribution >= 4 is 57.4 Å². The van der Waals surface area contributed by atoms with Gasteiger partial charge in [0.1, 0.15) is 0 Å². The molecule has 2 N–H and O–H groups in total. The average Bonchev–Trinajstić information content (AvgIpc) is 2.59. The normalized spacial score (nSPS) is 10.8. The van der Waals surface area contributed by atoms with Crippen molar-refractivity contribution in [1.29, 1.82) is 0 Å². The van der Waals surface area contributed by atoms with Crippen LogP contribution in [0.3, 0.4) is 0 Å². The Kier molecular flexibility index (Phi) is 5.43. The summed E-state index contributed by atoms with van der Waals surface area (Å²) in [5.74, 6) is -0.299. The molecule has 0 fully saturated rings. The fraction of sp³-hybridized carbons (Fsp3) is 0. The van der Waals surface area contributed by atoms with Crippen molar-refractivity contribution in [2.45, 2.75) is 0 Å². The molecule has 0 heterocycles. The fourth-order valence-electron chi connectivity index (χ4n) is 2.44. The van der Waals surface area contributed by atoms with Gasteiger partial charge in [-0.15, -0.1) is 0 Å². The second kappa shape index (κ2) is 7.92. The van der Waals surface area contributed by atoms with Gasteiger partial charge in [-0.05, 0) is 52.8 Å². The van der Waals surface area contributed by atoms with Crippen molar-refractivity contribution in [2.24, 2.45) is 0 Å². The van der Waals surface area contributed by atoms with Crippen molar-refractivity contribution in [3.63, 3.8) is 0 Å². The molecule has 0 atom stereocenters. The molecule has 3 rings (SSSR count). The minimum absolute atomic E-state index is 0.217. The molecule has 0 aliphatic carbocycles. The second-order valence-corrected chi connectivity index (χ2v) is 6.20. The van der Waals surface area contributed by atoms with Crippen molar-refractivity contribution in [1.82, 2.24) is 5.32 Å². The van der Waals surface area contributed by atoms with Crippen molar-refractivity contribution in [3.8, 4) is 0 Å². The topological polar surface area (TPSA) is 41.1 Å². The summed E-state index contributed by atoms with van der Waals surface area (Å²) in [6.07, 6.45) is 3.24. The number of benzene rings is 3. The zero-order valence-corrected chi connectivity index (χ0v) is 14.8. The minimum atomic E-state index is -0.299. The van der Waals surface area contributed by atoms with Crippen molar-refractivity contribution in [3.05, 3.63) is 83.4 Å². The molecule has 1 amide bonds. The van der Waals surface area contributed by atoms with Gasteiger partial charge in [0.15, 0.2) is 5.11 Å².